The van der Waals surface area contributed by atoms with Gasteiger partial charge in [0.05, 0.1) is 12.8 Å². The summed E-state index contributed by atoms with van der Waals surface area (Å²) < 4.78 is 6.82. The second-order valence-corrected chi connectivity index (χ2v) is 3.12. The van der Waals surface area contributed by atoms with Gasteiger partial charge in [0.1, 0.15) is 18.4 Å². The SMILES string of the molecule is COc1ccc(C(N)=O)cc1-n1cnnc1. The Bertz CT molecular complexity index is 508. The van der Waals surface area contributed by atoms with Crippen LogP contribution in [0.25, 0.3) is 5.69 Å². The van der Waals surface area contributed by atoms with E-state index in [9.17, 15) is 4.79 Å². The van der Waals surface area contributed by atoms with Gasteiger partial charge in [0.15, 0.2) is 0 Å². The second-order valence-electron chi connectivity index (χ2n) is 3.12. The molecule has 1 aromatic carbocycles. The van der Waals surface area contributed by atoms with Gasteiger partial charge >= 0.3 is 0 Å². The van der Waals surface area contributed by atoms with Crippen LogP contribution in [0.1, 0.15) is 10.4 Å². The lowest BCUT2D eigenvalue weighted by Crippen LogP contribution is -2.11. The van der Waals surface area contributed by atoms with Gasteiger partial charge in [-0.05, 0) is 18.2 Å². The Morgan fingerprint density at radius 3 is 2.62 bits per heavy atom. The number of rotatable bonds is 3. The molecular formula is C10H10N4O2. The zero-order chi connectivity index (χ0) is 11.5. The van der Waals surface area contributed by atoms with Crippen molar-refractivity contribution in [1.82, 2.24) is 14.8 Å². The van der Waals surface area contributed by atoms with Gasteiger partial charge in [-0.15, -0.1) is 10.2 Å². The van der Waals surface area contributed by atoms with Gasteiger partial charge in [-0.2, -0.15) is 0 Å². The fourth-order valence-corrected chi connectivity index (χ4v) is 1.37. The molecule has 0 unspecified atom stereocenters. The van der Waals surface area contributed by atoms with Crippen LogP contribution in [-0.2, 0) is 0 Å². The van der Waals surface area contributed by atoms with Crippen LogP contribution in [0.5, 0.6) is 5.75 Å². The van der Waals surface area contributed by atoms with E-state index in [0.717, 1.165) is 0 Å². The minimum Gasteiger partial charge on any atom is -0.495 e. The van der Waals surface area contributed by atoms with E-state index in [-0.39, 0.29) is 0 Å². The maximum absolute atomic E-state index is 11.1. The van der Waals surface area contributed by atoms with E-state index >= 15 is 0 Å². The molecule has 0 bridgehead atoms. The maximum Gasteiger partial charge on any atom is 0.248 e. The number of carbonyl (C=O) groups excluding carboxylic acids is 1. The number of hydrogen-bond donors (Lipinski definition) is 1. The lowest BCUT2D eigenvalue weighted by Gasteiger charge is -2.09. The van der Waals surface area contributed by atoms with Gasteiger partial charge in [0.2, 0.25) is 5.91 Å². The summed E-state index contributed by atoms with van der Waals surface area (Å²) in [5.74, 6) is 0.127. The highest BCUT2D eigenvalue weighted by Gasteiger charge is 2.09. The first kappa shape index (κ1) is 10.2. The number of methoxy groups -OCH3 is 1. The lowest BCUT2D eigenvalue weighted by molar-refractivity contribution is 0.1000. The average molecular weight is 218 g/mol. The molecule has 0 aliphatic heterocycles. The Morgan fingerprint density at radius 1 is 1.38 bits per heavy atom. The topological polar surface area (TPSA) is 83.0 Å². The van der Waals surface area contributed by atoms with Crippen LogP contribution in [0, 0.1) is 0 Å². The number of primary amides is 1. The smallest absolute Gasteiger partial charge is 0.248 e. The largest absolute Gasteiger partial charge is 0.495 e. The van der Waals surface area contributed by atoms with E-state index in [2.05, 4.69) is 10.2 Å². The van der Waals surface area contributed by atoms with Crippen molar-refractivity contribution in [3.8, 4) is 11.4 Å². The van der Waals surface area contributed by atoms with Crippen LogP contribution >= 0.6 is 0 Å². The summed E-state index contributed by atoms with van der Waals surface area (Å²) in [7, 11) is 1.55. The number of ether oxygens (including phenoxy) is 1. The zero-order valence-electron chi connectivity index (χ0n) is 8.62. The van der Waals surface area contributed by atoms with E-state index < -0.39 is 5.91 Å². The van der Waals surface area contributed by atoms with Crippen molar-refractivity contribution < 1.29 is 9.53 Å². The summed E-state index contributed by atoms with van der Waals surface area (Å²) in [6.45, 7) is 0. The predicted molar refractivity (Wildman–Crippen MR) is 56.4 cm³/mol. The Labute approximate surface area is 91.7 Å². The van der Waals surface area contributed by atoms with Crippen molar-refractivity contribution in [2.24, 2.45) is 5.73 Å². The van der Waals surface area contributed by atoms with Crippen molar-refractivity contribution in [1.29, 1.82) is 0 Å². The summed E-state index contributed by atoms with van der Waals surface area (Å²) in [5.41, 5.74) is 6.28. The minimum absolute atomic E-state index is 0.407. The number of aromatic nitrogens is 3. The standard InChI is InChI=1S/C10H10N4O2/c1-16-9-3-2-7(10(11)15)4-8(9)14-5-12-13-6-14/h2-6H,1H3,(H2,11,15). The van der Waals surface area contributed by atoms with Crippen LogP contribution in [0.4, 0.5) is 0 Å². The van der Waals surface area contributed by atoms with E-state index in [0.29, 0.717) is 17.0 Å². The maximum atomic E-state index is 11.1. The Kier molecular flexibility index (Phi) is 2.55. The number of nitrogens with zero attached hydrogens (tertiary/aromatic N) is 3. The molecule has 1 aromatic heterocycles. The molecule has 2 N–H and O–H groups in total. The van der Waals surface area contributed by atoms with Crippen molar-refractivity contribution in [2.75, 3.05) is 7.11 Å². The van der Waals surface area contributed by atoms with Crippen LogP contribution in [0.3, 0.4) is 0 Å². The number of hydrogen-bond acceptors (Lipinski definition) is 4. The normalized spacial score (nSPS) is 10.1. The predicted octanol–water partition coefficient (Wildman–Crippen LogP) is 0.375. The molecule has 0 spiro atoms. The summed E-state index contributed by atoms with van der Waals surface area (Å²) in [6, 6.07) is 4.91. The summed E-state index contributed by atoms with van der Waals surface area (Å²) >= 11 is 0. The third-order valence-corrected chi connectivity index (χ3v) is 2.16. The molecule has 2 aromatic rings. The molecule has 0 aliphatic carbocycles. The molecule has 82 valence electrons. The van der Waals surface area contributed by atoms with Crippen LogP contribution in [0.2, 0.25) is 0 Å². The highest BCUT2D eigenvalue weighted by Crippen LogP contribution is 2.23. The zero-order valence-corrected chi connectivity index (χ0v) is 8.62. The molecule has 1 amide bonds. The lowest BCUT2D eigenvalue weighted by atomic mass is 10.2. The first-order valence-electron chi connectivity index (χ1n) is 4.55. The Morgan fingerprint density at radius 2 is 2.06 bits per heavy atom. The van der Waals surface area contributed by atoms with Gasteiger partial charge in [0.25, 0.3) is 0 Å². The van der Waals surface area contributed by atoms with Crippen LogP contribution in [-0.4, -0.2) is 27.8 Å². The second kappa shape index (κ2) is 4.01. The molecule has 6 nitrogen and oxygen atoms in total. The number of amides is 1. The fraction of sp³-hybridized carbons (Fsp3) is 0.100. The number of nitrogens with two attached hydrogens (primary N) is 1. The van der Waals surface area contributed by atoms with Gasteiger partial charge in [-0.1, -0.05) is 0 Å². The fourth-order valence-electron chi connectivity index (χ4n) is 1.37. The molecule has 0 aliphatic rings. The van der Waals surface area contributed by atoms with Crippen molar-refractivity contribution in [3.63, 3.8) is 0 Å². The summed E-state index contributed by atoms with van der Waals surface area (Å²) in [6.07, 6.45) is 3.03. The minimum atomic E-state index is -0.489. The Hall–Kier alpha value is -2.37. The Balaban J connectivity index is 2.56. The molecule has 0 saturated carbocycles. The van der Waals surface area contributed by atoms with Crippen molar-refractivity contribution >= 4 is 5.91 Å². The summed E-state index contributed by atoms with van der Waals surface area (Å²) in [4.78, 5) is 11.1. The molecule has 0 fully saturated rings. The highest BCUT2D eigenvalue weighted by atomic mass is 16.5. The molecule has 0 saturated heterocycles. The first-order chi connectivity index (χ1) is 7.72. The van der Waals surface area contributed by atoms with Gasteiger partial charge < -0.3 is 10.5 Å². The van der Waals surface area contributed by atoms with E-state index in [1.807, 2.05) is 0 Å². The van der Waals surface area contributed by atoms with Gasteiger partial charge in [-0.25, -0.2) is 0 Å². The third kappa shape index (κ3) is 1.72. The third-order valence-electron chi connectivity index (χ3n) is 2.16. The van der Waals surface area contributed by atoms with Crippen molar-refractivity contribution in [2.45, 2.75) is 0 Å². The van der Waals surface area contributed by atoms with Crippen LogP contribution in [0.15, 0.2) is 30.9 Å². The van der Waals surface area contributed by atoms with E-state index in [4.69, 9.17) is 10.5 Å². The molecular weight excluding hydrogens is 208 g/mol. The number of carbonyl (C=O) groups is 1. The first-order valence-corrected chi connectivity index (χ1v) is 4.55. The number of benzene rings is 1. The van der Waals surface area contributed by atoms with Gasteiger partial charge in [0, 0.05) is 5.56 Å². The molecule has 16 heavy (non-hydrogen) atoms. The quantitative estimate of drug-likeness (QED) is 0.807. The van der Waals surface area contributed by atoms with Gasteiger partial charge in [-0.3, -0.25) is 9.36 Å². The molecule has 1 heterocycles. The summed E-state index contributed by atoms with van der Waals surface area (Å²) in [5, 5.41) is 7.38. The average Bonchev–Trinajstić information content (AvgIpc) is 2.81. The van der Waals surface area contributed by atoms with E-state index in [1.165, 1.54) is 12.7 Å². The van der Waals surface area contributed by atoms with Crippen molar-refractivity contribution in [3.05, 3.63) is 36.4 Å². The molecule has 6 heteroatoms. The molecule has 0 radical (unpaired) electrons. The van der Waals surface area contributed by atoms with E-state index in [1.54, 1.807) is 29.9 Å². The highest BCUT2D eigenvalue weighted by molar-refractivity contribution is 5.93. The monoisotopic (exact) mass is 218 g/mol. The van der Waals surface area contributed by atoms with Crippen LogP contribution < -0.4 is 10.5 Å². The molecule has 2 rings (SSSR count). The molecule has 0 atom stereocenters.